The zero-order valence-electron chi connectivity index (χ0n) is 32.2. The van der Waals surface area contributed by atoms with Crippen LogP contribution < -0.4 is 4.90 Å². The Morgan fingerprint density at radius 1 is 0.441 bits per heavy atom. The summed E-state index contributed by atoms with van der Waals surface area (Å²) in [5.41, 5.74) is 13.3. The van der Waals surface area contributed by atoms with E-state index in [2.05, 4.69) is 138 Å². The fourth-order valence-corrected chi connectivity index (χ4v) is 7.90. The van der Waals surface area contributed by atoms with Crippen molar-refractivity contribution in [1.29, 1.82) is 5.26 Å². The van der Waals surface area contributed by atoms with Crippen LogP contribution in [0.3, 0.4) is 0 Å². The highest BCUT2D eigenvalue weighted by Crippen LogP contribution is 2.39. The van der Waals surface area contributed by atoms with Gasteiger partial charge < -0.3 is 9.47 Å². The van der Waals surface area contributed by atoms with Gasteiger partial charge in [-0.1, -0.05) is 146 Å². The number of anilines is 2. The lowest BCUT2D eigenvalue weighted by molar-refractivity contribution is 1.07. The van der Waals surface area contributed by atoms with Crippen molar-refractivity contribution in [3.05, 3.63) is 206 Å². The van der Waals surface area contributed by atoms with Crippen LogP contribution >= 0.6 is 0 Å². The van der Waals surface area contributed by atoms with E-state index in [0.29, 0.717) is 23.0 Å². The molecule has 6 heteroatoms. The van der Waals surface area contributed by atoms with Crippen molar-refractivity contribution >= 4 is 33.2 Å². The summed E-state index contributed by atoms with van der Waals surface area (Å²) in [6, 6.07) is 71.0. The van der Waals surface area contributed by atoms with Gasteiger partial charge in [0.2, 0.25) is 0 Å². The second-order valence-electron chi connectivity index (χ2n) is 14.5. The van der Waals surface area contributed by atoms with Crippen LogP contribution in [-0.2, 0) is 0 Å². The average molecular weight is 757 g/mol. The maximum atomic E-state index is 9.44. The molecule has 0 aliphatic heterocycles. The molecule has 2 heterocycles. The molecular formula is C53H36N6. The summed E-state index contributed by atoms with van der Waals surface area (Å²) in [5, 5.41) is 11.8. The van der Waals surface area contributed by atoms with E-state index in [4.69, 9.17) is 15.0 Å². The van der Waals surface area contributed by atoms with Crippen molar-refractivity contribution in [2.24, 2.45) is 0 Å². The first kappa shape index (κ1) is 35.3. The molecule has 0 amide bonds. The van der Waals surface area contributed by atoms with E-state index < -0.39 is 0 Å². The maximum Gasteiger partial charge on any atom is 0.164 e. The van der Waals surface area contributed by atoms with Gasteiger partial charge in [0.1, 0.15) is 0 Å². The Balaban J connectivity index is 0.981. The van der Waals surface area contributed by atoms with E-state index in [-0.39, 0.29) is 0 Å². The number of benzene rings is 8. The number of aromatic nitrogens is 4. The van der Waals surface area contributed by atoms with Gasteiger partial charge in [-0.15, -0.1) is 0 Å². The fraction of sp³-hybridized carbons (Fsp3) is 0.0189. The van der Waals surface area contributed by atoms with E-state index in [1.807, 2.05) is 84.9 Å². The molecule has 0 saturated carbocycles. The van der Waals surface area contributed by atoms with E-state index in [1.165, 1.54) is 10.8 Å². The SMILES string of the molecule is CN(c1ccc2c3ccccc3n(-c3ccc(C#N)cc3)c2c1)c1ccccc1-c1ccc(-c2cccc(-c3nc(-c4ccccc4)nc(-c4ccccc4)n3)c2)cc1. The summed E-state index contributed by atoms with van der Waals surface area (Å²) < 4.78 is 2.29. The zero-order chi connectivity index (χ0) is 39.7. The molecule has 8 aromatic carbocycles. The van der Waals surface area contributed by atoms with E-state index in [1.54, 1.807) is 0 Å². The first-order chi connectivity index (χ1) is 29.1. The minimum absolute atomic E-state index is 0.628. The molecule has 10 rings (SSSR count). The highest BCUT2D eigenvalue weighted by molar-refractivity contribution is 6.10. The van der Waals surface area contributed by atoms with Gasteiger partial charge >= 0.3 is 0 Å². The molecule has 0 aliphatic rings. The number of rotatable bonds is 8. The normalized spacial score (nSPS) is 11.1. The van der Waals surface area contributed by atoms with Gasteiger partial charge in [-0.25, -0.2) is 15.0 Å². The lowest BCUT2D eigenvalue weighted by Gasteiger charge is -2.23. The Hall–Kier alpha value is -8.14. The van der Waals surface area contributed by atoms with Gasteiger partial charge in [-0.2, -0.15) is 5.26 Å². The van der Waals surface area contributed by atoms with Crippen LogP contribution in [0.15, 0.2) is 200 Å². The molecule has 0 radical (unpaired) electrons. The summed E-state index contributed by atoms with van der Waals surface area (Å²) in [7, 11) is 2.13. The quantitative estimate of drug-likeness (QED) is 0.154. The minimum Gasteiger partial charge on any atom is -0.344 e. The minimum atomic E-state index is 0.628. The third-order valence-electron chi connectivity index (χ3n) is 10.9. The third kappa shape index (κ3) is 6.67. The molecule has 0 N–H and O–H groups in total. The Morgan fingerprint density at radius 3 is 1.69 bits per heavy atom. The van der Waals surface area contributed by atoms with Crippen molar-refractivity contribution in [3.8, 4) is 68.2 Å². The van der Waals surface area contributed by atoms with Crippen LogP contribution in [0.4, 0.5) is 11.4 Å². The third-order valence-corrected chi connectivity index (χ3v) is 10.9. The molecular weight excluding hydrogens is 721 g/mol. The number of nitriles is 1. The Bertz CT molecular complexity index is 3110. The van der Waals surface area contributed by atoms with Crippen molar-refractivity contribution in [2.75, 3.05) is 11.9 Å². The van der Waals surface area contributed by atoms with E-state index in [9.17, 15) is 5.26 Å². The molecule has 0 aliphatic carbocycles. The van der Waals surface area contributed by atoms with Crippen molar-refractivity contribution in [3.63, 3.8) is 0 Å². The standard InChI is InChI=1S/C53H36N6/c1-58(44-31-32-47-46-20-9-11-22-49(46)59(50(47)34-44)43-29-23-36(35-54)24-30-43)48-21-10-8-19-45(48)38-27-25-37(26-28-38)41-17-12-18-42(33-41)53-56-51(39-13-4-2-5-14-39)55-52(57-53)40-15-6-3-7-16-40/h2-34H,1H3. The van der Waals surface area contributed by atoms with Crippen LogP contribution in [-0.4, -0.2) is 26.6 Å². The van der Waals surface area contributed by atoms with E-state index in [0.717, 1.165) is 67.0 Å². The largest absolute Gasteiger partial charge is 0.344 e. The molecule has 6 nitrogen and oxygen atoms in total. The maximum absolute atomic E-state index is 9.44. The molecule has 278 valence electrons. The van der Waals surface area contributed by atoms with Gasteiger partial charge in [0.05, 0.1) is 22.7 Å². The molecule has 0 bridgehead atoms. The van der Waals surface area contributed by atoms with Crippen molar-refractivity contribution < 1.29 is 0 Å². The highest BCUT2D eigenvalue weighted by Gasteiger charge is 2.17. The highest BCUT2D eigenvalue weighted by atomic mass is 15.1. The Morgan fingerprint density at radius 2 is 1.00 bits per heavy atom. The summed E-state index contributed by atoms with van der Waals surface area (Å²) in [4.78, 5) is 17.0. The first-order valence-corrected chi connectivity index (χ1v) is 19.6. The Kier molecular flexibility index (Phi) is 9.02. The number of hydrogen-bond donors (Lipinski definition) is 0. The lowest BCUT2D eigenvalue weighted by Crippen LogP contribution is -2.10. The van der Waals surface area contributed by atoms with Gasteiger partial charge in [0, 0.05) is 57.1 Å². The molecule has 0 fully saturated rings. The molecule has 10 aromatic rings. The summed E-state index contributed by atoms with van der Waals surface area (Å²) in [6.07, 6.45) is 0. The zero-order valence-corrected chi connectivity index (χ0v) is 32.2. The number of nitrogens with zero attached hydrogens (tertiary/aromatic N) is 6. The number of fused-ring (bicyclic) bond motifs is 3. The predicted molar refractivity (Wildman–Crippen MR) is 241 cm³/mol. The molecule has 59 heavy (non-hydrogen) atoms. The average Bonchev–Trinajstić information content (AvgIpc) is 3.65. The Labute approximate surface area is 342 Å². The van der Waals surface area contributed by atoms with Gasteiger partial charge in [0.15, 0.2) is 17.5 Å². The molecule has 0 saturated heterocycles. The summed E-state index contributed by atoms with van der Waals surface area (Å²) in [6.45, 7) is 0. The van der Waals surface area contributed by atoms with E-state index >= 15 is 0 Å². The number of hydrogen-bond acceptors (Lipinski definition) is 5. The smallest absolute Gasteiger partial charge is 0.164 e. The van der Waals surface area contributed by atoms with Crippen LogP contribution in [0.2, 0.25) is 0 Å². The van der Waals surface area contributed by atoms with Crippen LogP contribution in [0, 0.1) is 11.3 Å². The molecule has 0 spiro atoms. The van der Waals surface area contributed by atoms with Crippen LogP contribution in [0.5, 0.6) is 0 Å². The fourth-order valence-electron chi connectivity index (χ4n) is 7.90. The van der Waals surface area contributed by atoms with Gasteiger partial charge in [-0.3, -0.25) is 0 Å². The van der Waals surface area contributed by atoms with Crippen LogP contribution in [0.1, 0.15) is 5.56 Å². The lowest BCUT2D eigenvalue weighted by atomic mass is 9.97. The molecule has 0 unspecified atom stereocenters. The first-order valence-electron chi connectivity index (χ1n) is 19.6. The van der Waals surface area contributed by atoms with Crippen molar-refractivity contribution in [2.45, 2.75) is 0 Å². The topological polar surface area (TPSA) is 70.6 Å². The second-order valence-corrected chi connectivity index (χ2v) is 14.5. The van der Waals surface area contributed by atoms with Crippen LogP contribution in [0.25, 0.3) is 83.9 Å². The van der Waals surface area contributed by atoms with Gasteiger partial charge in [0.25, 0.3) is 0 Å². The molecule has 2 aromatic heterocycles. The second kappa shape index (κ2) is 15.1. The number of para-hydroxylation sites is 2. The summed E-state index contributed by atoms with van der Waals surface area (Å²) >= 11 is 0. The molecule has 0 atom stereocenters. The van der Waals surface area contributed by atoms with Crippen molar-refractivity contribution in [1.82, 2.24) is 19.5 Å². The summed E-state index contributed by atoms with van der Waals surface area (Å²) in [5.74, 6) is 1.91. The van der Waals surface area contributed by atoms with Gasteiger partial charge in [-0.05, 0) is 71.3 Å². The monoisotopic (exact) mass is 756 g/mol. The predicted octanol–water partition coefficient (Wildman–Crippen LogP) is 12.9.